The van der Waals surface area contributed by atoms with Gasteiger partial charge in [-0.3, -0.25) is 0 Å². The number of ether oxygens (including phenoxy) is 1. The van der Waals surface area contributed by atoms with Crippen molar-refractivity contribution in [3.05, 3.63) is 24.0 Å². The van der Waals surface area contributed by atoms with Crippen molar-refractivity contribution in [3.8, 4) is 5.75 Å². The van der Waals surface area contributed by atoms with Gasteiger partial charge in [0.15, 0.2) is 0 Å². The van der Waals surface area contributed by atoms with E-state index in [2.05, 4.69) is 23.8 Å². The summed E-state index contributed by atoms with van der Waals surface area (Å²) < 4.78 is 7.57. The lowest BCUT2D eigenvalue weighted by Gasteiger charge is -2.20. The Morgan fingerprint density at radius 2 is 2.20 bits per heavy atom. The Labute approximate surface area is 129 Å². The topological polar surface area (TPSA) is 27.1 Å². The average Bonchev–Trinajstić information content (AvgIpc) is 2.83. The van der Waals surface area contributed by atoms with Gasteiger partial charge in [-0.05, 0) is 31.7 Å². The fourth-order valence-electron chi connectivity index (χ4n) is 2.46. The number of nitrogens with zero attached hydrogens (tertiary/aromatic N) is 2. The summed E-state index contributed by atoms with van der Waals surface area (Å²) in [4.78, 5) is 4.71. The fraction of sp³-hybridized carbons (Fsp3) is 0.533. The maximum Gasteiger partial charge on any atom is 0.128 e. The van der Waals surface area contributed by atoms with Gasteiger partial charge >= 0.3 is 0 Å². The molecule has 2 atom stereocenters. The molecule has 2 rings (SSSR count). The monoisotopic (exact) mass is 312 g/mol. The van der Waals surface area contributed by atoms with E-state index in [1.165, 1.54) is 0 Å². The van der Waals surface area contributed by atoms with Gasteiger partial charge in [-0.25, -0.2) is 4.98 Å². The van der Waals surface area contributed by atoms with Gasteiger partial charge in [-0.2, -0.15) is 11.8 Å². The van der Waals surface area contributed by atoms with E-state index in [1.807, 2.05) is 30.8 Å². The first-order valence-corrected chi connectivity index (χ1v) is 8.64. The van der Waals surface area contributed by atoms with E-state index >= 15 is 0 Å². The number of imidazole rings is 1. The summed E-state index contributed by atoms with van der Waals surface area (Å²) in [6, 6.07) is 6.45. The van der Waals surface area contributed by atoms with Crippen LogP contribution in [0.3, 0.4) is 0 Å². The normalized spacial score (nSPS) is 14.4. The van der Waals surface area contributed by atoms with Crippen LogP contribution in [-0.2, 0) is 0 Å². The highest BCUT2D eigenvalue weighted by Gasteiger charge is 2.20. The number of halogens is 1. The third kappa shape index (κ3) is 2.91. The molecule has 0 saturated heterocycles. The Morgan fingerprint density at radius 1 is 1.45 bits per heavy atom. The van der Waals surface area contributed by atoms with Crippen LogP contribution in [0.25, 0.3) is 11.0 Å². The molecule has 0 aliphatic heterocycles. The summed E-state index contributed by atoms with van der Waals surface area (Å²) in [5.41, 5.74) is 2.08. The van der Waals surface area contributed by atoms with E-state index in [0.717, 1.165) is 34.8 Å². The molecular weight excluding hydrogens is 292 g/mol. The molecule has 1 heterocycles. The first kappa shape index (κ1) is 15.5. The molecule has 2 unspecified atom stereocenters. The van der Waals surface area contributed by atoms with Gasteiger partial charge in [0, 0.05) is 17.9 Å². The predicted octanol–water partition coefficient (Wildman–Crippen LogP) is 4.66. The van der Waals surface area contributed by atoms with Gasteiger partial charge in [0.1, 0.15) is 11.6 Å². The lowest BCUT2D eigenvalue weighted by atomic mass is 10.2. The van der Waals surface area contributed by atoms with E-state index in [4.69, 9.17) is 21.3 Å². The number of aromatic nitrogens is 2. The van der Waals surface area contributed by atoms with Crippen LogP contribution in [-0.4, -0.2) is 28.7 Å². The second-order valence-corrected chi connectivity index (χ2v) is 6.39. The molecule has 0 saturated carbocycles. The van der Waals surface area contributed by atoms with E-state index in [0.29, 0.717) is 6.04 Å². The molecule has 3 nitrogen and oxygen atoms in total. The second-order valence-electron chi connectivity index (χ2n) is 4.83. The highest BCUT2D eigenvalue weighted by Crippen LogP contribution is 2.32. The summed E-state index contributed by atoms with van der Waals surface area (Å²) in [5, 5.41) is -0.107. The highest BCUT2D eigenvalue weighted by molar-refractivity contribution is 7.98. The van der Waals surface area contributed by atoms with Crippen LogP contribution < -0.4 is 4.74 Å². The van der Waals surface area contributed by atoms with Crippen LogP contribution in [0.4, 0.5) is 0 Å². The van der Waals surface area contributed by atoms with Crippen molar-refractivity contribution in [2.24, 2.45) is 0 Å². The van der Waals surface area contributed by atoms with E-state index < -0.39 is 0 Å². The van der Waals surface area contributed by atoms with Gasteiger partial charge in [-0.15, -0.1) is 11.6 Å². The zero-order valence-corrected chi connectivity index (χ0v) is 14.0. The molecule has 1 aromatic carbocycles. The van der Waals surface area contributed by atoms with Crippen LogP contribution in [0.2, 0.25) is 0 Å². The van der Waals surface area contributed by atoms with Gasteiger partial charge in [-0.1, -0.05) is 6.92 Å². The standard InChI is InChI=1S/C15H21ClN2OS/c1-5-11(9-20-4)18-14-7-6-12(19-3)8-13(14)17-15(18)10(2)16/h6-8,10-11H,5,9H2,1-4H3. The summed E-state index contributed by atoms with van der Waals surface area (Å²) >= 11 is 8.19. The number of benzene rings is 1. The molecule has 2 aromatic rings. The molecule has 20 heavy (non-hydrogen) atoms. The van der Waals surface area contributed by atoms with Gasteiger partial charge in [0.05, 0.1) is 23.5 Å². The van der Waals surface area contributed by atoms with Crippen LogP contribution in [0.1, 0.15) is 37.5 Å². The van der Waals surface area contributed by atoms with Crippen molar-refractivity contribution in [2.45, 2.75) is 31.7 Å². The number of thioether (sulfide) groups is 1. The minimum Gasteiger partial charge on any atom is -0.497 e. The lowest BCUT2D eigenvalue weighted by molar-refractivity contribution is 0.415. The number of methoxy groups -OCH3 is 1. The SMILES string of the molecule is CCC(CSC)n1c(C(C)Cl)nc2cc(OC)ccc21. The maximum atomic E-state index is 6.33. The molecule has 1 aromatic heterocycles. The minimum absolute atomic E-state index is 0.107. The first-order chi connectivity index (χ1) is 9.62. The van der Waals surface area contributed by atoms with Crippen molar-refractivity contribution in [2.75, 3.05) is 19.1 Å². The Balaban J connectivity index is 2.62. The van der Waals surface area contributed by atoms with Crippen LogP contribution >= 0.6 is 23.4 Å². The molecule has 0 radical (unpaired) electrons. The first-order valence-electron chi connectivity index (χ1n) is 6.81. The Kier molecular flexibility index (Phi) is 5.22. The summed E-state index contributed by atoms with van der Waals surface area (Å²) in [6.07, 6.45) is 3.20. The van der Waals surface area contributed by atoms with E-state index in [9.17, 15) is 0 Å². The molecule has 5 heteroatoms. The van der Waals surface area contributed by atoms with Crippen LogP contribution in [0, 0.1) is 0 Å². The molecule has 0 bridgehead atoms. The quantitative estimate of drug-likeness (QED) is 0.726. The number of hydrogen-bond donors (Lipinski definition) is 0. The fourth-order valence-corrected chi connectivity index (χ4v) is 3.38. The minimum atomic E-state index is -0.107. The number of alkyl halides is 1. The number of fused-ring (bicyclic) bond motifs is 1. The molecule has 0 N–H and O–H groups in total. The van der Waals surface area contributed by atoms with Crippen LogP contribution in [0.15, 0.2) is 18.2 Å². The zero-order chi connectivity index (χ0) is 14.7. The average molecular weight is 313 g/mol. The zero-order valence-electron chi connectivity index (χ0n) is 12.4. The van der Waals surface area contributed by atoms with Crippen molar-refractivity contribution in [3.63, 3.8) is 0 Å². The molecule has 0 aliphatic rings. The summed E-state index contributed by atoms with van der Waals surface area (Å²) in [6.45, 7) is 4.18. The van der Waals surface area contributed by atoms with Crippen LogP contribution in [0.5, 0.6) is 5.75 Å². The van der Waals surface area contributed by atoms with Crippen molar-refractivity contribution in [1.82, 2.24) is 9.55 Å². The Hall–Kier alpha value is -0.870. The third-order valence-corrected chi connectivity index (χ3v) is 4.39. The number of hydrogen-bond acceptors (Lipinski definition) is 3. The van der Waals surface area contributed by atoms with Gasteiger partial charge in [0.2, 0.25) is 0 Å². The van der Waals surface area contributed by atoms with Gasteiger partial charge in [0.25, 0.3) is 0 Å². The van der Waals surface area contributed by atoms with E-state index in [1.54, 1.807) is 7.11 Å². The smallest absolute Gasteiger partial charge is 0.128 e. The largest absolute Gasteiger partial charge is 0.497 e. The molecule has 110 valence electrons. The van der Waals surface area contributed by atoms with Crippen molar-refractivity contribution in [1.29, 1.82) is 0 Å². The molecular formula is C15H21ClN2OS. The van der Waals surface area contributed by atoms with Crippen molar-refractivity contribution < 1.29 is 4.74 Å². The predicted molar refractivity (Wildman–Crippen MR) is 88.3 cm³/mol. The third-order valence-electron chi connectivity index (χ3n) is 3.48. The molecule has 0 aliphatic carbocycles. The highest BCUT2D eigenvalue weighted by atomic mass is 35.5. The van der Waals surface area contributed by atoms with E-state index in [-0.39, 0.29) is 5.38 Å². The van der Waals surface area contributed by atoms with Crippen molar-refractivity contribution >= 4 is 34.4 Å². The molecule has 0 amide bonds. The second kappa shape index (κ2) is 6.72. The Morgan fingerprint density at radius 3 is 2.75 bits per heavy atom. The summed E-state index contributed by atoms with van der Waals surface area (Å²) in [7, 11) is 1.67. The number of rotatable bonds is 6. The molecule has 0 fully saturated rings. The molecule has 0 spiro atoms. The maximum absolute atomic E-state index is 6.33. The van der Waals surface area contributed by atoms with Gasteiger partial charge < -0.3 is 9.30 Å². The Bertz CT molecular complexity index is 583. The summed E-state index contributed by atoms with van der Waals surface area (Å²) in [5.74, 6) is 2.83. The lowest BCUT2D eigenvalue weighted by Crippen LogP contribution is -2.14.